The Morgan fingerprint density at radius 3 is 2.61 bits per heavy atom. The molecule has 124 valence electrons. The smallest absolute Gasteiger partial charge is 0.326 e. The van der Waals surface area contributed by atoms with Gasteiger partial charge in [0.05, 0.1) is 0 Å². The molecule has 1 aliphatic heterocycles. The molecular formula is C15H18N2O4S2. The van der Waals surface area contributed by atoms with Crippen molar-refractivity contribution in [3.63, 3.8) is 0 Å². The summed E-state index contributed by atoms with van der Waals surface area (Å²) in [5.41, 5.74) is 0. The van der Waals surface area contributed by atoms with Crippen LogP contribution < -0.4 is 0 Å². The Hall–Kier alpha value is -1.54. The van der Waals surface area contributed by atoms with Gasteiger partial charge in [0.25, 0.3) is 0 Å². The highest BCUT2D eigenvalue weighted by atomic mass is 33.1. The first-order valence-electron chi connectivity index (χ1n) is 7.38. The molecule has 1 N–H and O–H groups in total. The summed E-state index contributed by atoms with van der Waals surface area (Å²) in [6, 6.07) is 4.70. The Labute approximate surface area is 142 Å². The molecule has 1 saturated heterocycles. The van der Waals surface area contributed by atoms with Gasteiger partial charge in [0.15, 0.2) is 0 Å². The number of carboxylic acid groups (broad SMARTS) is 1. The third kappa shape index (κ3) is 5.24. The Bertz CT molecular complexity index is 552. The third-order valence-corrected chi connectivity index (χ3v) is 5.78. The monoisotopic (exact) mass is 354 g/mol. The summed E-state index contributed by atoms with van der Waals surface area (Å²) in [5, 5.41) is 10.2. The van der Waals surface area contributed by atoms with Crippen molar-refractivity contribution in [3.8, 4) is 0 Å². The number of amides is 2. The number of aliphatic carboxylic acids is 1. The molecule has 1 aliphatic rings. The molecule has 6 nitrogen and oxygen atoms in total. The van der Waals surface area contributed by atoms with E-state index in [1.165, 1.54) is 0 Å². The van der Waals surface area contributed by atoms with E-state index in [2.05, 4.69) is 4.98 Å². The van der Waals surface area contributed by atoms with Crippen molar-refractivity contribution in [2.24, 2.45) is 0 Å². The maximum absolute atomic E-state index is 11.7. The van der Waals surface area contributed by atoms with Crippen LogP contribution in [0.3, 0.4) is 0 Å². The van der Waals surface area contributed by atoms with Gasteiger partial charge < -0.3 is 5.11 Å². The molecule has 1 unspecified atom stereocenters. The first-order valence-corrected chi connectivity index (χ1v) is 9.69. The summed E-state index contributed by atoms with van der Waals surface area (Å²) in [6.07, 6.45) is 3.78. The summed E-state index contributed by atoms with van der Waals surface area (Å²) in [6.45, 7) is 0. The highest BCUT2D eigenvalue weighted by molar-refractivity contribution is 8.76. The molecule has 0 saturated carbocycles. The number of unbranched alkanes of at least 4 members (excludes halogenated alkanes) is 1. The quantitative estimate of drug-likeness (QED) is 0.414. The van der Waals surface area contributed by atoms with Crippen LogP contribution in [0.25, 0.3) is 0 Å². The number of hydrogen-bond acceptors (Lipinski definition) is 6. The number of pyridine rings is 1. The van der Waals surface area contributed by atoms with Crippen LogP contribution in [0.4, 0.5) is 0 Å². The second-order valence-corrected chi connectivity index (χ2v) is 7.52. The lowest BCUT2D eigenvalue weighted by Crippen LogP contribution is -2.44. The lowest BCUT2D eigenvalue weighted by Gasteiger charge is -2.22. The molecule has 23 heavy (non-hydrogen) atoms. The van der Waals surface area contributed by atoms with Gasteiger partial charge in [0.1, 0.15) is 11.1 Å². The summed E-state index contributed by atoms with van der Waals surface area (Å²) in [4.78, 5) is 39.7. The van der Waals surface area contributed by atoms with Crippen molar-refractivity contribution in [1.82, 2.24) is 9.88 Å². The predicted molar refractivity (Wildman–Crippen MR) is 88.9 cm³/mol. The van der Waals surface area contributed by atoms with Gasteiger partial charge in [0.2, 0.25) is 11.8 Å². The van der Waals surface area contributed by atoms with E-state index in [1.807, 2.05) is 18.2 Å². The second-order valence-electron chi connectivity index (χ2n) is 5.08. The van der Waals surface area contributed by atoms with Crippen molar-refractivity contribution in [3.05, 3.63) is 24.4 Å². The molecule has 0 spiro atoms. The predicted octanol–water partition coefficient (Wildman–Crippen LogP) is 2.59. The zero-order valence-electron chi connectivity index (χ0n) is 12.5. The number of rotatable bonds is 9. The number of aromatic nitrogens is 1. The maximum atomic E-state index is 11.7. The molecule has 2 heterocycles. The van der Waals surface area contributed by atoms with Gasteiger partial charge in [-0.3, -0.25) is 14.5 Å². The third-order valence-electron chi connectivity index (χ3n) is 3.42. The highest BCUT2D eigenvalue weighted by Gasteiger charge is 2.38. The molecule has 0 radical (unpaired) electrons. The number of likely N-dealkylation sites (tertiary alicyclic amines) is 1. The minimum atomic E-state index is -1.11. The molecule has 1 fully saturated rings. The van der Waals surface area contributed by atoms with E-state index in [0.29, 0.717) is 12.8 Å². The van der Waals surface area contributed by atoms with Crippen LogP contribution in [-0.2, 0) is 14.4 Å². The van der Waals surface area contributed by atoms with Crippen LogP contribution in [0.1, 0.15) is 32.1 Å². The summed E-state index contributed by atoms with van der Waals surface area (Å²) in [5.74, 6) is -0.996. The lowest BCUT2D eigenvalue weighted by molar-refractivity contribution is -0.154. The van der Waals surface area contributed by atoms with Crippen molar-refractivity contribution < 1.29 is 19.5 Å². The van der Waals surface area contributed by atoms with Gasteiger partial charge in [-0.25, -0.2) is 9.78 Å². The SMILES string of the molecule is O=C(O)C(CCCCSSc1ccccn1)N1C(=O)CCC1=O. The molecular weight excluding hydrogens is 336 g/mol. The van der Waals surface area contributed by atoms with E-state index in [-0.39, 0.29) is 24.7 Å². The number of nitrogens with zero attached hydrogens (tertiary/aromatic N) is 2. The highest BCUT2D eigenvalue weighted by Crippen LogP contribution is 2.30. The van der Waals surface area contributed by atoms with Crippen LogP contribution in [0.15, 0.2) is 29.4 Å². The molecule has 8 heteroatoms. The Balaban J connectivity index is 1.70. The minimum absolute atomic E-state index is 0.124. The second kappa shape index (κ2) is 8.93. The van der Waals surface area contributed by atoms with E-state index >= 15 is 0 Å². The van der Waals surface area contributed by atoms with E-state index in [4.69, 9.17) is 0 Å². The zero-order chi connectivity index (χ0) is 16.7. The Kier molecular flexibility index (Phi) is 6.91. The van der Waals surface area contributed by atoms with Crippen molar-refractivity contribution >= 4 is 39.4 Å². The van der Waals surface area contributed by atoms with E-state index in [1.54, 1.807) is 27.8 Å². The fourth-order valence-electron chi connectivity index (χ4n) is 2.30. The number of hydrogen-bond donors (Lipinski definition) is 1. The fraction of sp³-hybridized carbons (Fsp3) is 0.467. The van der Waals surface area contributed by atoms with Gasteiger partial charge in [0, 0.05) is 24.8 Å². The summed E-state index contributed by atoms with van der Waals surface area (Å²) < 4.78 is 0. The molecule has 2 amide bonds. The number of carbonyl (C=O) groups is 3. The summed E-state index contributed by atoms with van der Waals surface area (Å²) >= 11 is 0. The average molecular weight is 354 g/mol. The maximum Gasteiger partial charge on any atom is 0.326 e. The van der Waals surface area contributed by atoms with Crippen LogP contribution in [0.2, 0.25) is 0 Å². The van der Waals surface area contributed by atoms with E-state index in [0.717, 1.165) is 22.1 Å². The van der Waals surface area contributed by atoms with Crippen LogP contribution in [-0.4, -0.2) is 44.6 Å². The Morgan fingerprint density at radius 2 is 2.00 bits per heavy atom. The van der Waals surface area contributed by atoms with Crippen molar-refractivity contribution in [2.75, 3.05) is 5.75 Å². The average Bonchev–Trinajstić information content (AvgIpc) is 2.86. The molecule has 0 aromatic carbocycles. The van der Waals surface area contributed by atoms with E-state index in [9.17, 15) is 19.5 Å². The standard InChI is InChI=1S/C15H18N2O4S2/c18-13-7-8-14(19)17(13)11(15(20)21)5-2-4-10-22-23-12-6-1-3-9-16-12/h1,3,6,9,11H,2,4-5,7-8,10H2,(H,20,21). The largest absolute Gasteiger partial charge is 0.480 e. The van der Waals surface area contributed by atoms with Gasteiger partial charge in [-0.1, -0.05) is 16.9 Å². The normalized spacial score (nSPS) is 15.9. The summed E-state index contributed by atoms with van der Waals surface area (Å²) in [7, 11) is 3.24. The van der Waals surface area contributed by atoms with Gasteiger partial charge in [-0.05, 0) is 42.2 Å². The lowest BCUT2D eigenvalue weighted by atomic mass is 10.1. The van der Waals surface area contributed by atoms with Crippen molar-refractivity contribution in [1.29, 1.82) is 0 Å². The molecule has 1 aromatic heterocycles. The molecule has 1 atom stereocenters. The van der Waals surface area contributed by atoms with E-state index < -0.39 is 12.0 Å². The van der Waals surface area contributed by atoms with Crippen LogP contribution in [0.5, 0.6) is 0 Å². The topological polar surface area (TPSA) is 87.6 Å². The minimum Gasteiger partial charge on any atom is -0.480 e. The number of carboxylic acids is 1. The van der Waals surface area contributed by atoms with Crippen LogP contribution >= 0.6 is 21.6 Å². The van der Waals surface area contributed by atoms with Gasteiger partial charge in [-0.2, -0.15) is 0 Å². The Morgan fingerprint density at radius 1 is 1.26 bits per heavy atom. The van der Waals surface area contributed by atoms with Crippen molar-refractivity contribution in [2.45, 2.75) is 43.2 Å². The molecule has 2 rings (SSSR count). The zero-order valence-corrected chi connectivity index (χ0v) is 14.1. The molecule has 0 bridgehead atoms. The van der Waals surface area contributed by atoms with Gasteiger partial charge >= 0.3 is 5.97 Å². The fourth-order valence-corrected chi connectivity index (χ4v) is 4.33. The van der Waals surface area contributed by atoms with Gasteiger partial charge in [-0.15, -0.1) is 0 Å². The number of imide groups is 1. The molecule has 1 aromatic rings. The van der Waals surface area contributed by atoms with Crippen LogP contribution in [0, 0.1) is 0 Å². The first-order chi connectivity index (χ1) is 11.1. The number of carbonyl (C=O) groups excluding carboxylic acids is 2. The first kappa shape index (κ1) is 17.8. The molecule has 0 aliphatic carbocycles.